The Morgan fingerprint density at radius 3 is 1.32 bits per heavy atom. The zero-order chi connectivity index (χ0) is 76.0. The minimum atomic E-state index is -0.908. The molecule has 2 saturated heterocycles. The van der Waals surface area contributed by atoms with Gasteiger partial charge in [-0.25, -0.2) is 9.97 Å². The lowest BCUT2D eigenvalue weighted by molar-refractivity contribution is -0.147. The molecule has 14 atom stereocenters. The Bertz CT molecular complexity index is 3270. The van der Waals surface area contributed by atoms with Gasteiger partial charge in [0.15, 0.2) is 11.6 Å². The lowest BCUT2D eigenvalue weighted by Crippen LogP contribution is -2.48. The summed E-state index contributed by atoms with van der Waals surface area (Å²) in [4.78, 5) is 124. The van der Waals surface area contributed by atoms with Crippen LogP contribution in [0.5, 0.6) is 0 Å². The number of esters is 1. The highest BCUT2D eigenvalue weighted by molar-refractivity contribution is 7.10. The van der Waals surface area contributed by atoms with Crippen LogP contribution in [-0.4, -0.2) is 179 Å². The van der Waals surface area contributed by atoms with E-state index in [0.29, 0.717) is 55.3 Å². The number of thiazole rings is 2. The Labute approximate surface area is 623 Å². The molecule has 0 bridgehead atoms. The number of hydrogen-bond donors (Lipinski definition) is 3. The van der Waals surface area contributed by atoms with Crippen molar-refractivity contribution in [3.8, 4) is 0 Å². The summed E-state index contributed by atoms with van der Waals surface area (Å²) in [6.45, 7) is 30.4. The van der Waals surface area contributed by atoms with Crippen molar-refractivity contribution in [3.05, 3.63) is 117 Å². The van der Waals surface area contributed by atoms with Crippen LogP contribution in [-0.2, 0) is 55.8 Å². The van der Waals surface area contributed by atoms with E-state index in [1.807, 2.05) is 113 Å². The highest BCUT2D eigenvalue weighted by Gasteiger charge is 2.40. The van der Waals surface area contributed by atoms with Crippen LogP contribution in [0, 0.1) is 47.3 Å². The van der Waals surface area contributed by atoms with Gasteiger partial charge in [0.25, 0.3) is 11.8 Å². The number of amides is 4. The largest absolute Gasteiger partial charge is 0.481 e. The number of carboxylic acid groups (broad SMARTS) is 1. The molecule has 4 amide bonds. The van der Waals surface area contributed by atoms with E-state index >= 15 is 0 Å². The minimum absolute atomic E-state index is 0.00798. The number of nitrogens with one attached hydrogen (secondary N) is 2. The quantitative estimate of drug-likeness (QED) is 0.0276. The smallest absolute Gasteiger partial charge is 0.309 e. The Hall–Kier alpha value is -6.56. The maximum Gasteiger partial charge on any atom is 0.309 e. The summed E-state index contributed by atoms with van der Waals surface area (Å²) in [5, 5.41) is 20.5. The van der Waals surface area contributed by atoms with Crippen molar-refractivity contribution in [2.75, 3.05) is 61.1 Å². The van der Waals surface area contributed by atoms with Crippen molar-refractivity contribution in [1.29, 1.82) is 0 Å². The number of nitrogens with zero attached hydrogens (tertiary/aromatic N) is 6. The molecule has 0 saturated carbocycles. The number of aromatic nitrogens is 2. The number of hydrogen-bond acceptors (Lipinski definition) is 17. The molecule has 0 radical (unpaired) electrons. The Kier molecular flexibility index (Phi) is 37.5. The normalized spacial score (nSPS) is 18.6. The lowest BCUT2D eigenvalue weighted by Gasteiger charge is -2.37. The van der Waals surface area contributed by atoms with E-state index in [0.717, 1.165) is 75.6 Å². The molecule has 6 rings (SSSR count). The number of piperidine rings is 2. The molecule has 4 heterocycles. The predicted octanol–water partition coefficient (Wildman–Crippen LogP) is 13.9. The molecule has 572 valence electrons. The Balaban J connectivity index is 0.000000371. The van der Waals surface area contributed by atoms with E-state index in [1.165, 1.54) is 28.7 Å². The van der Waals surface area contributed by atoms with Gasteiger partial charge in [-0.05, 0) is 127 Å². The van der Waals surface area contributed by atoms with Crippen molar-refractivity contribution >= 4 is 69.8 Å². The summed E-state index contributed by atoms with van der Waals surface area (Å²) >= 11 is 2.71. The van der Waals surface area contributed by atoms with Crippen molar-refractivity contribution in [3.63, 3.8) is 0 Å². The number of likely N-dealkylation sites (tertiary alicyclic amines) is 2. The average Bonchev–Trinajstić information content (AvgIpc) is 1.56. The predicted molar refractivity (Wildman–Crippen MR) is 410 cm³/mol. The molecule has 103 heavy (non-hydrogen) atoms. The first-order chi connectivity index (χ1) is 49.1. The zero-order valence-corrected chi connectivity index (χ0v) is 66.4. The van der Waals surface area contributed by atoms with Crippen LogP contribution < -0.4 is 10.6 Å². The minimum Gasteiger partial charge on any atom is -0.481 e. The maximum absolute atomic E-state index is 14.3. The maximum atomic E-state index is 14.3. The van der Waals surface area contributed by atoms with Crippen LogP contribution in [0.15, 0.2) is 84.1 Å². The number of carboxylic acids is 1. The molecule has 22 heteroatoms. The number of ketones is 2. The molecule has 0 spiro atoms. The van der Waals surface area contributed by atoms with Crippen LogP contribution in [0.4, 0.5) is 0 Å². The first kappa shape index (κ1) is 87.1. The van der Waals surface area contributed by atoms with Gasteiger partial charge in [-0.2, -0.15) is 0 Å². The number of rotatable bonds is 42. The number of carbonyl (C=O) groups is 8. The van der Waals surface area contributed by atoms with Gasteiger partial charge in [-0.3, -0.25) is 48.2 Å². The molecule has 20 nitrogen and oxygen atoms in total. The van der Waals surface area contributed by atoms with E-state index in [1.54, 1.807) is 24.6 Å². The Morgan fingerprint density at radius 2 is 0.981 bits per heavy atom. The number of carbonyl (C=O) groups excluding carboxylic acids is 7. The fraction of sp³-hybridized carbons (Fsp3) is 0.654. The molecule has 2 aliphatic heterocycles. The van der Waals surface area contributed by atoms with Gasteiger partial charge < -0.3 is 39.8 Å². The van der Waals surface area contributed by atoms with E-state index in [9.17, 15) is 43.5 Å². The molecule has 2 aromatic carbocycles. The third-order valence-corrected chi connectivity index (χ3v) is 23.0. The van der Waals surface area contributed by atoms with E-state index in [2.05, 4.69) is 82.4 Å². The van der Waals surface area contributed by atoms with E-state index in [4.69, 9.17) is 24.2 Å². The average molecular weight is 1470 g/mol. The summed E-state index contributed by atoms with van der Waals surface area (Å²) in [6.07, 6.45) is 11.4. The Morgan fingerprint density at radius 1 is 0.592 bits per heavy atom. The second-order valence-corrected chi connectivity index (χ2v) is 31.4. The second-order valence-electron chi connectivity index (χ2n) is 29.6. The molecule has 2 aliphatic rings. The summed E-state index contributed by atoms with van der Waals surface area (Å²) in [5.74, 6) is -3.18. The van der Waals surface area contributed by atoms with Gasteiger partial charge in [-0.1, -0.05) is 168 Å². The van der Waals surface area contributed by atoms with Crippen molar-refractivity contribution in [1.82, 2.24) is 40.2 Å². The zero-order valence-electron chi connectivity index (χ0n) is 64.7. The van der Waals surface area contributed by atoms with Gasteiger partial charge in [0.1, 0.15) is 40.2 Å². The molecule has 3 N–H and O–H groups in total. The summed E-state index contributed by atoms with van der Waals surface area (Å²) in [7, 11) is 7.71. The number of aliphatic carboxylic acids is 1. The standard InChI is InChI=1S/C42H64N4O6S.C39H60N4O6S/c1-10-22-52-42(50)30(7)23-32(24-31-18-14-13-15-19-31)43-39(48)34-27-53-40(44-34)38(51-12-3)26-36(28(4)5)46(9)41(49)33(29(6)11-2)25-37(47)35-20-16-17-21-45(35)8;1-9-26(5)30(22-34(44)32-18-14-15-19-42(32)7)38(46)43(8)33(25(3)4)23-35(49-10-2)37-41-31(24-50-37)36(45)40-29(20-27(6)39(47)48)21-28-16-12-11-13-17-28/h10,13-15,18-19,27-30,32-33,35-36,38H,1,11-12,16-17,20-26H2,2-9H3,(H,43,48);11-13,16-17,24-27,29-30,32-33,35H,9-10,14-15,18-23H2,1-8H3,(H,40,45)(H,47,48)/t29-,30-,32+,33-,35+,36+,38+;26-,27-,29+,30-,32+,33+,35+/m00/s1. The monoisotopic (exact) mass is 1460 g/mol. The van der Waals surface area contributed by atoms with E-state index in [-0.39, 0.29) is 132 Å². The highest BCUT2D eigenvalue weighted by Crippen LogP contribution is 2.36. The SMILES string of the molecule is C=CCOC(=O)[C@@H](C)C[C@H](Cc1ccccc1)NC(=O)c1csc([C@@H](C[C@H](C(C)C)N(C)C(=O)[C@@H](CC(=O)[C@H]2CCCCN2C)[C@@H](C)CC)OCC)n1.CCO[C@H](C[C@H](C(C)C)N(C)C(=O)[C@@H](CC(=O)[C@H]1CCCCN1C)[C@@H](C)CC)c1nc(C(=O)N[C@@H](Cc2ccccc2)C[C@H](C)C(=O)O)cs1. The fourth-order valence-electron chi connectivity index (χ4n) is 14.3. The summed E-state index contributed by atoms with van der Waals surface area (Å²) < 4.78 is 17.7. The van der Waals surface area contributed by atoms with Gasteiger partial charge in [-0.15, -0.1) is 22.7 Å². The van der Waals surface area contributed by atoms with Crippen LogP contribution in [0.1, 0.15) is 227 Å². The third-order valence-electron chi connectivity index (χ3n) is 21.1. The van der Waals surface area contributed by atoms with Crippen molar-refractivity contribution < 1.29 is 57.7 Å². The lowest BCUT2D eigenvalue weighted by atomic mass is 9.83. The van der Waals surface area contributed by atoms with Crippen LogP contribution in [0.3, 0.4) is 0 Å². The first-order valence-electron chi connectivity index (χ1n) is 37.9. The summed E-state index contributed by atoms with van der Waals surface area (Å²) in [6, 6.07) is 18.2. The van der Waals surface area contributed by atoms with Gasteiger partial charge >= 0.3 is 11.9 Å². The molecule has 2 fully saturated rings. The first-order valence-corrected chi connectivity index (χ1v) is 39.7. The number of likely N-dealkylation sites (N-methyl/N-ethyl adjacent to an activating group) is 2. The number of ether oxygens (including phenoxy) is 3. The van der Waals surface area contributed by atoms with Crippen LogP contribution in [0.2, 0.25) is 0 Å². The van der Waals surface area contributed by atoms with Gasteiger partial charge in [0, 0.05) is 99.8 Å². The fourth-order valence-corrected chi connectivity index (χ4v) is 16.1. The van der Waals surface area contributed by atoms with Crippen LogP contribution in [0.25, 0.3) is 0 Å². The molecule has 2 aromatic heterocycles. The second kappa shape index (κ2) is 44.4. The molecular formula is C81H124N8O12S2. The number of Topliss-reactive ketones (excluding diaryl/α,β-unsaturated/α-hetero) is 2. The molecule has 0 unspecified atom stereocenters. The topological polar surface area (TPSA) is 247 Å². The molecule has 4 aromatic rings. The molecular weight excluding hydrogens is 1340 g/mol. The molecule has 0 aliphatic carbocycles. The van der Waals surface area contributed by atoms with Crippen molar-refractivity contribution in [2.24, 2.45) is 47.3 Å². The number of benzene rings is 2. The van der Waals surface area contributed by atoms with Crippen LogP contribution >= 0.6 is 22.7 Å². The van der Waals surface area contributed by atoms with Crippen molar-refractivity contribution in [2.45, 2.75) is 234 Å². The van der Waals surface area contributed by atoms with Gasteiger partial charge in [0.05, 0.1) is 23.9 Å². The third kappa shape index (κ3) is 27.1. The summed E-state index contributed by atoms with van der Waals surface area (Å²) in [5.41, 5.74) is 2.58. The van der Waals surface area contributed by atoms with Gasteiger partial charge in [0.2, 0.25) is 11.8 Å². The van der Waals surface area contributed by atoms with E-state index < -0.39 is 47.9 Å². The highest BCUT2D eigenvalue weighted by atomic mass is 32.1.